The van der Waals surface area contributed by atoms with Crippen LogP contribution in [0.5, 0.6) is 0 Å². The second-order valence-corrected chi connectivity index (χ2v) is 5.35. The molecule has 0 aliphatic carbocycles. The van der Waals surface area contributed by atoms with Gasteiger partial charge in [-0.1, -0.05) is 11.6 Å². The number of carbonyl (C=O) groups is 1. The Morgan fingerprint density at radius 2 is 2.06 bits per heavy atom. The molecule has 0 fully saturated rings. The number of hydrogen-bond donors (Lipinski definition) is 1. The van der Waals surface area contributed by atoms with Crippen molar-refractivity contribution in [1.29, 1.82) is 0 Å². The third-order valence-electron chi connectivity index (χ3n) is 2.50. The zero-order valence-corrected chi connectivity index (χ0v) is 12.0. The normalized spacial score (nSPS) is 10.4. The fourth-order valence-corrected chi connectivity index (χ4v) is 2.49. The van der Waals surface area contributed by atoms with Crippen LogP contribution in [-0.2, 0) is 4.79 Å². The second kappa shape index (κ2) is 8.40. The molecule has 18 heavy (non-hydrogen) atoms. The smallest absolute Gasteiger partial charge is 0.223 e. The van der Waals surface area contributed by atoms with Gasteiger partial charge in [0.25, 0.3) is 0 Å². The first kappa shape index (κ1) is 15.3. The molecule has 1 rings (SSSR count). The summed E-state index contributed by atoms with van der Waals surface area (Å²) in [4.78, 5) is 14.6. The Bertz CT molecular complexity index is 370. The SMILES string of the molecule is CCN(CCO)C(=O)CCSc1ccc(Cl)cc1. The highest BCUT2D eigenvalue weighted by Gasteiger charge is 2.10. The maximum Gasteiger partial charge on any atom is 0.223 e. The Morgan fingerprint density at radius 1 is 1.39 bits per heavy atom. The van der Waals surface area contributed by atoms with E-state index in [0.717, 1.165) is 15.7 Å². The summed E-state index contributed by atoms with van der Waals surface area (Å²) in [6.45, 7) is 3.00. The lowest BCUT2D eigenvalue weighted by Crippen LogP contribution is -2.33. The summed E-state index contributed by atoms with van der Waals surface area (Å²) in [5.41, 5.74) is 0. The molecule has 1 aromatic carbocycles. The summed E-state index contributed by atoms with van der Waals surface area (Å²) in [6, 6.07) is 7.58. The molecule has 5 heteroatoms. The van der Waals surface area contributed by atoms with Crippen molar-refractivity contribution in [2.24, 2.45) is 0 Å². The molecular formula is C13H18ClNO2S. The number of hydrogen-bond acceptors (Lipinski definition) is 3. The van der Waals surface area contributed by atoms with Gasteiger partial charge in [0, 0.05) is 35.2 Å². The van der Waals surface area contributed by atoms with Gasteiger partial charge in [-0.25, -0.2) is 0 Å². The number of rotatable bonds is 7. The molecule has 1 aromatic rings. The molecule has 0 spiro atoms. The molecule has 0 saturated carbocycles. The van der Waals surface area contributed by atoms with Crippen LogP contribution in [0.25, 0.3) is 0 Å². The Morgan fingerprint density at radius 3 is 2.61 bits per heavy atom. The van der Waals surface area contributed by atoms with E-state index in [-0.39, 0.29) is 12.5 Å². The van der Waals surface area contributed by atoms with Crippen molar-refractivity contribution in [2.75, 3.05) is 25.4 Å². The molecule has 0 aromatic heterocycles. The van der Waals surface area contributed by atoms with Gasteiger partial charge in [-0.15, -0.1) is 11.8 Å². The number of nitrogens with zero attached hydrogens (tertiary/aromatic N) is 1. The lowest BCUT2D eigenvalue weighted by molar-refractivity contribution is -0.131. The summed E-state index contributed by atoms with van der Waals surface area (Å²) < 4.78 is 0. The Kier molecular flexibility index (Phi) is 7.16. The van der Waals surface area contributed by atoms with Crippen LogP contribution in [0.15, 0.2) is 29.2 Å². The van der Waals surface area contributed by atoms with E-state index in [1.807, 2.05) is 31.2 Å². The van der Waals surface area contributed by atoms with Crippen LogP contribution >= 0.6 is 23.4 Å². The van der Waals surface area contributed by atoms with Crippen molar-refractivity contribution >= 4 is 29.3 Å². The van der Waals surface area contributed by atoms with Crippen LogP contribution in [0.3, 0.4) is 0 Å². The largest absolute Gasteiger partial charge is 0.395 e. The number of carbonyl (C=O) groups excluding carboxylic acids is 1. The monoisotopic (exact) mass is 287 g/mol. The summed E-state index contributed by atoms with van der Waals surface area (Å²) >= 11 is 7.43. The van der Waals surface area contributed by atoms with Gasteiger partial charge in [0.05, 0.1) is 6.61 Å². The van der Waals surface area contributed by atoms with Crippen LogP contribution in [0, 0.1) is 0 Å². The van der Waals surface area contributed by atoms with Crippen LogP contribution < -0.4 is 0 Å². The fraction of sp³-hybridized carbons (Fsp3) is 0.462. The maximum atomic E-state index is 11.8. The van der Waals surface area contributed by atoms with E-state index in [1.54, 1.807) is 16.7 Å². The summed E-state index contributed by atoms with van der Waals surface area (Å²) in [5.74, 6) is 0.829. The molecule has 0 heterocycles. The molecule has 0 radical (unpaired) electrons. The van der Waals surface area contributed by atoms with Crippen LogP contribution in [0.4, 0.5) is 0 Å². The first-order chi connectivity index (χ1) is 8.67. The quantitative estimate of drug-likeness (QED) is 0.784. The van der Waals surface area contributed by atoms with Gasteiger partial charge < -0.3 is 10.0 Å². The number of aliphatic hydroxyl groups excluding tert-OH is 1. The minimum Gasteiger partial charge on any atom is -0.395 e. The second-order valence-electron chi connectivity index (χ2n) is 3.75. The number of halogens is 1. The number of amides is 1. The predicted octanol–water partition coefficient (Wildman–Crippen LogP) is 2.66. The Labute approximate surface area is 117 Å². The van der Waals surface area contributed by atoms with E-state index in [0.29, 0.717) is 19.5 Å². The van der Waals surface area contributed by atoms with Gasteiger partial charge in [0.1, 0.15) is 0 Å². The fourth-order valence-electron chi connectivity index (χ4n) is 1.53. The predicted molar refractivity (Wildman–Crippen MR) is 76.1 cm³/mol. The van der Waals surface area contributed by atoms with E-state index in [1.165, 1.54) is 0 Å². The van der Waals surface area contributed by atoms with Crippen LogP contribution in [0.2, 0.25) is 5.02 Å². The Hall–Kier alpha value is -0.710. The van der Waals surface area contributed by atoms with Gasteiger partial charge in [0.15, 0.2) is 0 Å². The molecule has 100 valence electrons. The van der Waals surface area contributed by atoms with E-state index in [4.69, 9.17) is 16.7 Å². The molecule has 3 nitrogen and oxygen atoms in total. The highest BCUT2D eigenvalue weighted by atomic mass is 35.5. The third kappa shape index (κ3) is 5.29. The van der Waals surface area contributed by atoms with E-state index in [9.17, 15) is 4.79 Å². The van der Waals surface area contributed by atoms with E-state index >= 15 is 0 Å². The molecule has 0 saturated heterocycles. The van der Waals surface area contributed by atoms with Crippen molar-refractivity contribution in [2.45, 2.75) is 18.2 Å². The van der Waals surface area contributed by atoms with Crippen LogP contribution in [-0.4, -0.2) is 41.4 Å². The minimum absolute atomic E-state index is 0.0178. The molecular weight excluding hydrogens is 270 g/mol. The van der Waals surface area contributed by atoms with Crippen molar-refractivity contribution < 1.29 is 9.90 Å². The zero-order chi connectivity index (χ0) is 13.4. The van der Waals surface area contributed by atoms with E-state index < -0.39 is 0 Å². The molecule has 1 amide bonds. The van der Waals surface area contributed by atoms with Crippen molar-refractivity contribution in [3.05, 3.63) is 29.3 Å². The molecule has 0 bridgehead atoms. The average Bonchev–Trinajstić information content (AvgIpc) is 2.38. The summed E-state index contributed by atoms with van der Waals surface area (Å²) in [6.07, 6.45) is 0.487. The highest BCUT2D eigenvalue weighted by molar-refractivity contribution is 7.99. The first-order valence-electron chi connectivity index (χ1n) is 5.94. The van der Waals surface area contributed by atoms with Gasteiger partial charge in [0.2, 0.25) is 5.91 Å². The molecule has 0 aliphatic rings. The zero-order valence-electron chi connectivity index (χ0n) is 10.4. The number of aliphatic hydroxyl groups is 1. The molecule has 0 aliphatic heterocycles. The maximum absolute atomic E-state index is 11.8. The van der Waals surface area contributed by atoms with Gasteiger partial charge in [-0.3, -0.25) is 4.79 Å². The number of likely N-dealkylation sites (N-methyl/N-ethyl adjacent to an activating group) is 1. The third-order valence-corrected chi connectivity index (χ3v) is 3.77. The Balaban J connectivity index is 2.32. The summed E-state index contributed by atoms with van der Waals surface area (Å²) in [7, 11) is 0. The molecule has 0 atom stereocenters. The topological polar surface area (TPSA) is 40.5 Å². The number of thioether (sulfide) groups is 1. The van der Waals surface area contributed by atoms with Crippen LogP contribution in [0.1, 0.15) is 13.3 Å². The standard InChI is InChI=1S/C13H18ClNO2S/c1-2-15(8-9-16)13(17)7-10-18-12-5-3-11(14)4-6-12/h3-6,16H,2,7-10H2,1H3. The van der Waals surface area contributed by atoms with Gasteiger partial charge >= 0.3 is 0 Å². The lowest BCUT2D eigenvalue weighted by Gasteiger charge is -2.19. The highest BCUT2D eigenvalue weighted by Crippen LogP contribution is 2.21. The molecule has 1 N–H and O–H groups in total. The number of benzene rings is 1. The lowest BCUT2D eigenvalue weighted by atomic mass is 10.4. The van der Waals surface area contributed by atoms with Gasteiger partial charge in [-0.2, -0.15) is 0 Å². The van der Waals surface area contributed by atoms with Gasteiger partial charge in [-0.05, 0) is 31.2 Å². The molecule has 0 unspecified atom stereocenters. The summed E-state index contributed by atoms with van der Waals surface area (Å²) in [5, 5.41) is 9.55. The first-order valence-corrected chi connectivity index (χ1v) is 7.30. The average molecular weight is 288 g/mol. The van der Waals surface area contributed by atoms with E-state index in [2.05, 4.69) is 0 Å². The minimum atomic E-state index is 0.0178. The van der Waals surface area contributed by atoms with Crippen molar-refractivity contribution in [1.82, 2.24) is 4.90 Å². The van der Waals surface area contributed by atoms with Crippen molar-refractivity contribution in [3.63, 3.8) is 0 Å². The van der Waals surface area contributed by atoms with Crippen molar-refractivity contribution in [3.8, 4) is 0 Å².